The van der Waals surface area contributed by atoms with Gasteiger partial charge in [0, 0.05) is 0 Å². The second kappa shape index (κ2) is 14.6. The number of rotatable bonds is 15. The molecule has 20 heavy (non-hydrogen) atoms. The zero-order chi connectivity index (χ0) is 15.1. The van der Waals surface area contributed by atoms with E-state index in [9.17, 15) is 9.90 Å². The van der Waals surface area contributed by atoms with E-state index < -0.39 is 5.97 Å². The molecule has 118 valence electrons. The van der Waals surface area contributed by atoms with Gasteiger partial charge >= 0.3 is 5.97 Å². The van der Waals surface area contributed by atoms with Crippen molar-refractivity contribution in [2.75, 3.05) is 0 Å². The van der Waals surface area contributed by atoms with Crippen molar-refractivity contribution in [3.8, 4) is 0 Å². The van der Waals surface area contributed by atoms with E-state index in [0.717, 1.165) is 38.5 Å². The summed E-state index contributed by atoms with van der Waals surface area (Å²) in [6.45, 7) is 5.93. The van der Waals surface area contributed by atoms with Gasteiger partial charge in [-0.1, -0.05) is 70.8 Å². The highest BCUT2D eigenvalue weighted by molar-refractivity contribution is 5.69. The molecule has 1 atom stereocenters. The maximum Gasteiger partial charge on any atom is 0.306 e. The fourth-order valence-electron chi connectivity index (χ4n) is 2.60. The predicted octanol–water partition coefficient (Wildman–Crippen LogP) is 5.96. The van der Waals surface area contributed by atoms with Crippen LogP contribution in [0.1, 0.15) is 90.4 Å². The molecule has 0 aliphatic rings. The minimum atomic E-state index is -0.593. The van der Waals surface area contributed by atoms with Gasteiger partial charge in [-0.25, -0.2) is 0 Å². The first-order chi connectivity index (χ1) is 9.72. The molecule has 2 nitrogen and oxygen atoms in total. The van der Waals surface area contributed by atoms with Crippen molar-refractivity contribution < 1.29 is 9.90 Å². The summed E-state index contributed by atoms with van der Waals surface area (Å²) in [5, 5.41) is 9.24. The minimum absolute atomic E-state index is 0.111. The van der Waals surface area contributed by atoms with Gasteiger partial charge in [-0.15, -0.1) is 6.58 Å². The fraction of sp³-hybridized carbons (Fsp3) is 0.833. The van der Waals surface area contributed by atoms with Crippen LogP contribution in [0.3, 0.4) is 0 Å². The lowest BCUT2D eigenvalue weighted by atomic mass is 9.94. The summed E-state index contributed by atoms with van der Waals surface area (Å²) < 4.78 is 0. The molecule has 1 unspecified atom stereocenters. The number of carbonyl (C=O) groups is 1. The van der Waals surface area contributed by atoms with Gasteiger partial charge in [-0.3, -0.25) is 4.79 Å². The number of carboxylic acid groups (broad SMARTS) is 1. The summed E-state index contributed by atoms with van der Waals surface area (Å²) in [6.07, 6.45) is 16.8. The Morgan fingerprint density at radius 3 is 1.95 bits per heavy atom. The lowest BCUT2D eigenvalue weighted by Crippen LogP contribution is -2.13. The van der Waals surface area contributed by atoms with E-state index in [1.165, 1.54) is 44.9 Å². The van der Waals surface area contributed by atoms with Crippen LogP contribution >= 0.6 is 0 Å². The lowest BCUT2D eigenvalue weighted by molar-refractivity contribution is -0.142. The van der Waals surface area contributed by atoms with Crippen molar-refractivity contribution in [3.63, 3.8) is 0 Å². The molecule has 0 aromatic heterocycles. The fourth-order valence-corrected chi connectivity index (χ4v) is 2.60. The molecule has 0 saturated carbocycles. The number of hydrogen-bond acceptors (Lipinski definition) is 1. The molecule has 0 fully saturated rings. The third-order valence-electron chi connectivity index (χ3n) is 3.97. The van der Waals surface area contributed by atoms with Crippen LogP contribution in [0.2, 0.25) is 0 Å². The molecule has 0 bridgehead atoms. The Bertz CT molecular complexity index is 236. The van der Waals surface area contributed by atoms with Gasteiger partial charge in [0.15, 0.2) is 0 Å². The first-order valence-electron chi connectivity index (χ1n) is 8.56. The summed E-state index contributed by atoms with van der Waals surface area (Å²) in [5.41, 5.74) is 0. The van der Waals surface area contributed by atoms with Crippen molar-refractivity contribution in [1.82, 2.24) is 0 Å². The van der Waals surface area contributed by atoms with E-state index in [1.54, 1.807) is 0 Å². The largest absolute Gasteiger partial charge is 0.481 e. The summed E-state index contributed by atoms with van der Waals surface area (Å²) >= 11 is 0. The second-order valence-electron chi connectivity index (χ2n) is 5.87. The number of unbranched alkanes of at least 4 members (excludes halogenated alkanes) is 9. The van der Waals surface area contributed by atoms with Crippen LogP contribution in [0.15, 0.2) is 12.7 Å². The second-order valence-corrected chi connectivity index (χ2v) is 5.87. The number of aliphatic carboxylic acids is 1. The van der Waals surface area contributed by atoms with Crippen molar-refractivity contribution >= 4 is 5.97 Å². The lowest BCUT2D eigenvalue weighted by Gasteiger charge is -2.12. The maximum absolute atomic E-state index is 11.2. The highest BCUT2D eigenvalue weighted by Gasteiger charge is 2.16. The first-order valence-corrected chi connectivity index (χ1v) is 8.56. The minimum Gasteiger partial charge on any atom is -0.481 e. The van der Waals surface area contributed by atoms with Crippen molar-refractivity contribution in [2.45, 2.75) is 90.4 Å². The molecular weight excluding hydrogens is 248 g/mol. The molecule has 0 heterocycles. The number of hydrogen-bond donors (Lipinski definition) is 1. The van der Waals surface area contributed by atoms with Crippen LogP contribution in [0.5, 0.6) is 0 Å². The van der Waals surface area contributed by atoms with E-state index in [4.69, 9.17) is 0 Å². The van der Waals surface area contributed by atoms with E-state index in [-0.39, 0.29) is 5.92 Å². The Kier molecular flexibility index (Phi) is 14.0. The van der Waals surface area contributed by atoms with Gasteiger partial charge in [0.05, 0.1) is 5.92 Å². The molecule has 2 heteroatoms. The van der Waals surface area contributed by atoms with Crippen LogP contribution in [0, 0.1) is 5.92 Å². The summed E-state index contributed by atoms with van der Waals surface area (Å²) in [4.78, 5) is 11.2. The Morgan fingerprint density at radius 1 is 0.950 bits per heavy atom. The molecule has 0 amide bonds. The van der Waals surface area contributed by atoms with E-state index >= 15 is 0 Å². The molecule has 0 aliphatic carbocycles. The Balaban J connectivity index is 3.56. The molecule has 0 rings (SSSR count). The normalized spacial score (nSPS) is 12.2. The number of carboxylic acids is 1. The van der Waals surface area contributed by atoms with E-state index in [1.807, 2.05) is 6.08 Å². The highest BCUT2D eigenvalue weighted by atomic mass is 16.4. The number of allylic oxidation sites excluding steroid dienone is 1. The van der Waals surface area contributed by atoms with Crippen molar-refractivity contribution in [1.29, 1.82) is 0 Å². The molecule has 0 radical (unpaired) electrons. The average molecular weight is 282 g/mol. The molecule has 1 N–H and O–H groups in total. The van der Waals surface area contributed by atoms with Crippen LogP contribution in [-0.4, -0.2) is 11.1 Å². The van der Waals surface area contributed by atoms with Gasteiger partial charge in [0.1, 0.15) is 0 Å². The van der Waals surface area contributed by atoms with Gasteiger partial charge in [0.25, 0.3) is 0 Å². The Morgan fingerprint density at radius 2 is 1.45 bits per heavy atom. The van der Waals surface area contributed by atoms with Gasteiger partial charge in [-0.2, -0.15) is 0 Å². The molecule has 0 aromatic carbocycles. The zero-order valence-electron chi connectivity index (χ0n) is 13.4. The monoisotopic (exact) mass is 282 g/mol. The third-order valence-corrected chi connectivity index (χ3v) is 3.97. The summed E-state index contributed by atoms with van der Waals surface area (Å²) in [7, 11) is 0. The Labute approximate surface area is 125 Å². The van der Waals surface area contributed by atoms with Crippen molar-refractivity contribution in [3.05, 3.63) is 12.7 Å². The van der Waals surface area contributed by atoms with Crippen LogP contribution in [0.25, 0.3) is 0 Å². The summed E-state index contributed by atoms with van der Waals surface area (Å²) in [6, 6.07) is 0. The summed E-state index contributed by atoms with van der Waals surface area (Å²) in [5.74, 6) is -0.703. The van der Waals surface area contributed by atoms with Gasteiger partial charge in [0.2, 0.25) is 0 Å². The van der Waals surface area contributed by atoms with Gasteiger partial charge in [-0.05, 0) is 25.7 Å². The zero-order valence-corrected chi connectivity index (χ0v) is 13.4. The molecule has 0 saturated heterocycles. The standard InChI is InChI=1S/C18H34O2/c1-3-5-7-9-11-13-15-17(18(19)20)16-14-12-10-8-6-4-2/h3,17H,1,4-16H2,2H3,(H,19,20). The van der Waals surface area contributed by atoms with Crippen molar-refractivity contribution in [2.24, 2.45) is 5.92 Å². The molecule has 0 spiro atoms. The Hall–Kier alpha value is -0.790. The molecular formula is C18H34O2. The quantitative estimate of drug-likeness (QED) is 0.297. The maximum atomic E-state index is 11.2. The van der Waals surface area contributed by atoms with Crippen LogP contribution in [-0.2, 0) is 4.79 Å². The molecule has 0 aliphatic heterocycles. The smallest absolute Gasteiger partial charge is 0.306 e. The topological polar surface area (TPSA) is 37.3 Å². The predicted molar refractivity (Wildman–Crippen MR) is 87.0 cm³/mol. The third kappa shape index (κ3) is 12.3. The van der Waals surface area contributed by atoms with Gasteiger partial charge < -0.3 is 5.11 Å². The van der Waals surface area contributed by atoms with E-state index in [0.29, 0.717) is 0 Å². The highest BCUT2D eigenvalue weighted by Crippen LogP contribution is 2.19. The van der Waals surface area contributed by atoms with Crippen LogP contribution < -0.4 is 0 Å². The molecule has 0 aromatic rings. The van der Waals surface area contributed by atoms with Crippen LogP contribution in [0.4, 0.5) is 0 Å². The average Bonchev–Trinajstić information content (AvgIpc) is 2.43. The van der Waals surface area contributed by atoms with E-state index in [2.05, 4.69) is 13.5 Å². The SMILES string of the molecule is C=CCCCCCCC(CCCCCCCC)C(=O)O. The first kappa shape index (κ1) is 19.2.